The third-order valence-corrected chi connectivity index (χ3v) is 2.95. The summed E-state index contributed by atoms with van der Waals surface area (Å²) in [6.07, 6.45) is 2.88. The van der Waals surface area contributed by atoms with E-state index in [4.69, 9.17) is 10.5 Å². The van der Waals surface area contributed by atoms with Crippen LogP contribution in [0.25, 0.3) is 0 Å². The molecule has 17 heavy (non-hydrogen) atoms. The molecule has 1 aromatic rings. The first-order valence-corrected chi connectivity index (χ1v) is 6.45. The molecule has 0 aromatic carbocycles. The van der Waals surface area contributed by atoms with Crippen LogP contribution in [0.15, 0.2) is 0 Å². The molecule has 0 saturated carbocycles. The molecule has 0 aliphatic heterocycles. The van der Waals surface area contributed by atoms with Crippen LogP contribution in [0.1, 0.15) is 37.7 Å². The molecule has 98 valence electrons. The number of rotatable bonds is 7. The molecule has 4 nitrogen and oxygen atoms in total. The van der Waals surface area contributed by atoms with E-state index in [0.717, 1.165) is 25.8 Å². The maximum atomic E-state index is 5.92. The summed E-state index contributed by atoms with van der Waals surface area (Å²) in [5.41, 5.74) is 9.77. The number of aromatic nitrogens is 2. The van der Waals surface area contributed by atoms with E-state index < -0.39 is 0 Å². The van der Waals surface area contributed by atoms with Crippen LogP contribution in [0.2, 0.25) is 0 Å². The number of nitrogens with zero attached hydrogens (tertiary/aromatic N) is 2. The van der Waals surface area contributed by atoms with Crippen LogP contribution < -0.4 is 5.73 Å². The SMILES string of the molecule is CCc1nn(CCOC)c(CC)c1CC(C)N. The number of aryl methyl sites for hydroxylation is 1. The average Bonchev–Trinajstić information content (AvgIpc) is 2.62. The van der Waals surface area contributed by atoms with Gasteiger partial charge in [-0.15, -0.1) is 0 Å². The first-order chi connectivity index (χ1) is 8.13. The van der Waals surface area contributed by atoms with Gasteiger partial charge in [-0.1, -0.05) is 13.8 Å². The number of hydrogen-bond acceptors (Lipinski definition) is 3. The van der Waals surface area contributed by atoms with Crippen LogP contribution in [-0.2, 0) is 30.5 Å². The van der Waals surface area contributed by atoms with Crippen molar-refractivity contribution in [2.45, 2.75) is 52.6 Å². The monoisotopic (exact) mass is 239 g/mol. The highest BCUT2D eigenvalue weighted by atomic mass is 16.5. The summed E-state index contributed by atoms with van der Waals surface area (Å²) in [5.74, 6) is 0. The van der Waals surface area contributed by atoms with Crippen molar-refractivity contribution < 1.29 is 4.74 Å². The quantitative estimate of drug-likeness (QED) is 0.785. The van der Waals surface area contributed by atoms with Gasteiger partial charge in [0.25, 0.3) is 0 Å². The molecule has 1 aromatic heterocycles. The number of hydrogen-bond donors (Lipinski definition) is 1. The Balaban J connectivity index is 3.02. The van der Waals surface area contributed by atoms with Crippen LogP contribution in [-0.4, -0.2) is 29.5 Å². The van der Waals surface area contributed by atoms with Crippen molar-refractivity contribution in [3.8, 4) is 0 Å². The molecular weight excluding hydrogens is 214 g/mol. The van der Waals surface area contributed by atoms with E-state index in [2.05, 4.69) is 23.6 Å². The molecule has 0 saturated heterocycles. The first-order valence-electron chi connectivity index (χ1n) is 6.45. The maximum Gasteiger partial charge on any atom is 0.0658 e. The lowest BCUT2D eigenvalue weighted by Crippen LogP contribution is -2.19. The summed E-state index contributed by atoms with van der Waals surface area (Å²) < 4.78 is 7.21. The van der Waals surface area contributed by atoms with Crippen molar-refractivity contribution in [1.82, 2.24) is 9.78 Å². The summed E-state index contributed by atoms with van der Waals surface area (Å²) in [6.45, 7) is 7.89. The van der Waals surface area contributed by atoms with E-state index in [1.165, 1.54) is 17.0 Å². The highest BCUT2D eigenvalue weighted by Gasteiger charge is 2.16. The van der Waals surface area contributed by atoms with Crippen molar-refractivity contribution in [1.29, 1.82) is 0 Å². The first kappa shape index (κ1) is 14.2. The fourth-order valence-corrected chi connectivity index (χ4v) is 2.19. The lowest BCUT2D eigenvalue weighted by molar-refractivity contribution is 0.182. The zero-order valence-corrected chi connectivity index (χ0v) is 11.5. The van der Waals surface area contributed by atoms with Gasteiger partial charge in [-0.05, 0) is 31.7 Å². The summed E-state index contributed by atoms with van der Waals surface area (Å²) in [4.78, 5) is 0. The molecule has 0 aliphatic carbocycles. The van der Waals surface area contributed by atoms with Gasteiger partial charge in [-0.2, -0.15) is 5.10 Å². The summed E-state index contributed by atoms with van der Waals surface area (Å²) in [6, 6.07) is 0.186. The Morgan fingerprint density at radius 1 is 1.35 bits per heavy atom. The van der Waals surface area contributed by atoms with Gasteiger partial charge in [0.05, 0.1) is 18.8 Å². The molecule has 2 N–H and O–H groups in total. The molecule has 1 rings (SSSR count). The van der Waals surface area contributed by atoms with E-state index in [-0.39, 0.29) is 6.04 Å². The molecule has 0 bridgehead atoms. The van der Waals surface area contributed by atoms with E-state index in [9.17, 15) is 0 Å². The Kier molecular flexibility index (Phi) is 5.65. The van der Waals surface area contributed by atoms with Gasteiger partial charge in [0, 0.05) is 18.8 Å². The standard InChI is InChI=1S/C13H25N3O/c1-5-12-11(9-10(3)14)13(6-2)16(15-12)7-8-17-4/h10H,5-9,14H2,1-4H3. The van der Waals surface area contributed by atoms with Crippen LogP contribution in [0, 0.1) is 0 Å². The molecule has 1 heterocycles. The smallest absolute Gasteiger partial charge is 0.0658 e. The molecule has 0 amide bonds. The van der Waals surface area contributed by atoms with Crippen LogP contribution in [0.4, 0.5) is 0 Å². The molecule has 0 fully saturated rings. The molecule has 1 unspecified atom stereocenters. The maximum absolute atomic E-state index is 5.92. The van der Waals surface area contributed by atoms with Gasteiger partial charge < -0.3 is 10.5 Å². The van der Waals surface area contributed by atoms with Gasteiger partial charge in [0.15, 0.2) is 0 Å². The summed E-state index contributed by atoms with van der Waals surface area (Å²) in [7, 11) is 1.72. The second kappa shape index (κ2) is 6.77. The van der Waals surface area contributed by atoms with Crippen LogP contribution >= 0.6 is 0 Å². The minimum atomic E-state index is 0.186. The van der Waals surface area contributed by atoms with Gasteiger partial charge >= 0.3 is 0 Å². The van der Waals surface area contributed by atoms with Crippen LogP contribution in [0.5, 0.6) is 0 Å². The van der Waals surface area contributed by atoms with E-state index in [1.54, 1.807) is 7.11 Å². The van der Waals surface area contributed by atoms with Gasteiger partial charge in [0.1, 0.15) is 0 Å². The van der Waals surface area contributed by atoms with E-state index in [1.807, 2.05) is 6.92 Å². The number of nitrogens with two attached hydrogens (primary N) is 1. The van der Waals surface area contributed by atoms with Crippen molar-refractivity contribution in [3.63, 3.8) is 0 Å². The highest BCUT2D eigenvalue weighted by molar-refractivity contribution is 5.27. The highest BCUT2D eigenvalue weighted by Crippen LogP contribution is 2.18. The minimum Gasteiger partial charge on any atom is -0.383 e. The third-order valence-electron chi connectivity index (χ3n) is 2.95. The lowest BCUT2D eigenvalue weighted by Gasteiger charge is -2.09. The Bertz CT molecular complexity index is 345. The van der Waals surface area contributed by atoms with Crippen molar-refractivity contribution in [3.05, 3.63) is 17.0 Å². The number of methoxy groups -OCH3 is 1. The Morgan fingerprint density at radius 3 is 2.53 bits per heavy atom. The molecule has 0 spiro atoms. The normalized spacial score (nSPS) is 13.0. The summed E-state index contributed by atoms with van der Waals surface area (Å²) >= 11 is 0. The Labute approximate surface area is 104 Å². The van der Waals surface area contributed by atoms with Gasteiger partial charge in [0.2, 0.25) is 0 Å². The van der Waals surface area contributed by atoms with E-state index >= 15 is 0 Å². The van der Waals surface area contributed by atoms with Crippen molar-refractivity contribution in [2.24, 2.45) is 5.73 Å². The van der Waals surface area contributed by atoms with Gasteiger partial charge in [-0.25, -0.2) is 0 Å². The Morgan fingerprint density at radius 2 is 2.06 bits per heavy atom. The largest absolute Gasteiger partial charge is 0.383 e. The van der Waals surface area contributed by atoms with E-state index in [0.29, 0.717) is 6.61 Å². The molecule has 0 radical (unpaired) electrons. The fourth-order valence-electron chi connectivity index (χ4n) is 2.19. The summed E-state index contributed by atoms with van der Waals surface area (Å²) in [5, 5.41) is 4.67. The lowest BCUT2D eigenvalue weighted by atomic mass is 10.0. The number of ether oxygens (including phenoxy) is 1. The Hall–Kier alpha value is -0.870. The molecule has 1 atom stereocenters. The predicted octanol–water partition coefficient (Wildman–Crippen LogP) is 1.54. The van der Waals surface area contributed by atoms with Crippen molar-refractivity contribution in [2.75, 3.05) is 13.7 Å². The van der Waals surface area contributed by atoms with Crippen LogP contribution in [0.3, 0.4) is 0 Å². The second-order valence-electron chi connectivity index (χ2n) is 4.48. The molecule has 0 aliphatic rings. The second-order valence-corrected chi connectivity index (χ2v) is 4.48. The molecule has 4 heteroatoms. The third kappa shape index (κ3) is 3.54. The fraction of sp³-hybridized carbons (Fsp3) is 0.769. The topological polar surface area (TPSA) is 53.1 Å². The zero-order valence-electron chi connectivity index (χ0n) is 11.5. The van der Waals surface area contributed by atoms with Crippen molar-refractivity contribution >= 4 is 0 Å². The minimum absolute atomic E-state index is 0.186. The zero-order chi connectivity index (χ0) is 12.8. The predicted molar refractivity (Wildman–Crippen MR) is 70.2 cm³/mol. The van der Waals surface area contributed by atoms with Gasteiger partial charge in [-0.3, -0.25) is 4.68 Å². The average molecular weight is 239 g/mol. The molecular formula is C13H25N3O.